The third-order valence-corrected chi connectivity index (χ3v) is 3.42. The normalized spacial score (nSPS) is 12.2. The Labute approximate surface area is 114 Å². The van der Waals surface area contributed by atoms with Crippen molar-refractivity contribution in [2.24, 2.45) is 5.41 Å². The number of hydrogen-bond acceptors (Lipinski definition) is 2. The SMILES string of the molecule is CC(C)(C)CCn1c(=S)[nH]c2cc(Br)cnc21. The van der Waals surface area contributed by atoms with Gasteiger partial charge in [-0.1, -0.05) is 20.8 Å². The molecule has 0 bridgehead atoms. The quantitative estimate of drug-likeness (QED) is 0.839. The van der Waals surface area contributed by atoms with E-state index in [4.69, 9.17) is 12.2 Å². The van der Waals surface area contributed by atoms with E-state index in [2.05, 4.69) is 51.2 Å². The minimum absolute atomic E-state index is 0.299. The number of pyridine rings is 1. The molecule has 2 rings (SSSR count). The van der Waals surface area contributed by atoms with E-state index in [9.17, 15) is 0 Å². The van der Waals surface area contributed by atoms with Crippen molar-refractivity contribution in [2.75, 3.05) is 0 Å². The fraction of sp³-hybridized carbons (Fsp3) is 0.500. The van der Waals surface area contributed by atoms with Gasteiger partial charge in [0, 0.05) is 17.2 Å². The highest BCUT2D eigenvalue weighted by molar-refractivity contribution is 9.10. The fourth-order valence-electron chi connectivity index (χ4n) is 1.67. The average molecular weight is 314 g/mol. The minimum Gasteiger partial charge on any atom is -0.329 e. The van der Waals surface area contributed by atoms with Gasteiger partial charge in [-0.15, -0.1) is 0 Å². The summed E-state index contributed by atoms with van der Waals surface area (Å²) < 4.78 is 3.78. The van der Waals surface area contributed by atoms with Crippen LogP contribution >= 0.6 is 28.1 Å². The summed E-state index contributed by atoms with van der Waals surface area (Å²) in [5.74, 6) is 0. The molecule has 0 unspecified atom stereocenters. The molecule has 0 spiro atoms. The Bertz CT molecular complexity index is 592. The number of imidazole rings is 1. The number of nitrogens with zero attached hydrogens (tertiary/aromatic N) is 2. The second-order valence-corrected chi connectivity index (χ2v) is 6.72. The summed E-state index contributed by atoms with van der Waals surface area (Å²) >= 11 is 8.75. The molecule has 0 radical (unpaired) electrons. The number of aromatic amines is 1. The molecule has 2 aromatic heterocycles. The largest absolute Gasteiger partial charge is 0.329 e. The van der Waals surface area contributed by atoms with Crippen LogP contribution in [-0.4, -0.2) is 14.5 Å². The molecule has 2 aromatic rings. The van der Waals surface area contributed by atoms with Crippen molar-refractivity contribution >= 4 is 39.3 Å². The van der Waals surface area contributed by atoms with Gasteiger partial charge in [0.15, 0.2) is 10.4 Å². The molecule has 1 N–H and O–H groups in total. The van der Waals surface area contributed by atoms with Crippen molar-refractivity contribution in [3.05, 3.63) is 21.5 Å². The van der Waals surface area contributed by atoms with Crippen LogP contribution in [0, 0.1) is 10.2 Å². The summed E-state index contributed by atoms with van der Waals surface area (Å²) in [4.78, 5) is 7.61. The second kappa shape index (κ2) is 4.53. The van der Waals surface area contributed by atoms with Crippen molar-refractivity contribution < 1.29 is 0 Å². The smallest absolute Gasteiger partial charge is 0.179 e. The number of fused-ring (bicyclic) bond motifs is 1. The Morgan fingerprint density at radius 2 is 2.18 bits per heavy atom. The van der Waals surface area contributed by atoms with Crippen LogP contribution in [-0.2, 0) is 6.54 Å². The zero-order chi connectivity index (χ0) is 12.6. The van der Waals surface area contributed by atoms with Crippen LogP contribution in [0.15, 0.2) is 16.7 Å². The van der Waals surface area contributed by atoms with E-state index in [1.54, 1.807) is 6.20 Å². The summed E-state index contributed by atoms with van der Waals surface area (Å²) in [6.07, 6.45) is 2.88. The predicted molar refractivity (Wildman–Crippen MR) is 76.7 cm³/mol. The standard InChI is InChI=1S/C12H16BrN3S/c1-12(2,3)4-5-16-10-9(15-11(16)17)6-8(13)7-14-10/h6-7H,4-5H2,1-3H3,(H,15,17). The van der Waals surface area contributed by atoms with Crippen LogP contribution in [0.25, 0.3) is 11.2 Å². The molecule has 0 aromatic carbocycles. The summed E-state index contributed by atoms with van der Waals surface area (Å²) in [7, 11) is 0. The second-order valence-electron chi connectivity index (χ2n) is 5.42. The number of aryl methyl sites for hydroxylation is 1. The van der Waals surface area contributed by atoms with Crippen molar-refractivity contribution in [1.82, 2.24) is 14.5 Å². The van der Waals surface area contributed by atoms with Crippen LogP contribution in [0.5, 0.6) is 0 Å². The van der Waals surface area contributed by atoms with Crippen molar-refractivity contribution in [2.45, 2.75) is 33.7 Å². The van der Waals surface area contributed by atoms with Crippen LogP contribution in [0.4, 0.5) is 0 Å². The van der Waals surface area contributed by atoms with Gasteiger partial charge >= 0.3 is 0 Å². The zero-order valence-electron chi connectivity index (χ0n) is 10.2. The van der Waals surface area contributed by atoms with E-state index >= 15 is 0 Å². The Morgan fingerprint density at radius 1 is 1.47 bits per heavy atom. The topological polar surface area (TPSA) is 33.6 Å². The van der Waals surface area contributed by atoms with Crippen LogP contribution in [0.1, 0.15) is 27.2 Å². The van der Waals surface area contributed by atoms with E-state index < -0.39 is 0 Å². The third kappa shape index (κ3) is 2.96. The van der Waals surface area contributed by atoms with Crippen LogP contribution in [0.2, 0.25) is 0 Å². The molecule has 3 nitrogen and oxygen atoms in total. The predicted octanol–water partition coefficient (Wildman–Crippen LogP) is 4.29. The fourth-order valence-corrected chi connectivity index (χ4v) is 2.29. The molecule has 92 valence electrons. The Morgan fingerprint density at radius 3 is 2.82 bits per heavy atom. The zero-order valence-corrected chi connectivity index (χ0v) is 12.7. The maximum absolute atomic E-state index is 5.34. The monoisotopic (exact) mass is 313 g/mol. The molecule has 0 saturated carbocycles. The lowest BCUT2D eigenvalue weighted by Crippen LogP contribution is -2.10. The van der Waals surface area contributed by atoms with Gasteiger partial charge in [-0.2, -0.15) is 0 Å². The maximum Gasteiger partial charge on any atom is 0.179 e. The highest BCUT2D eigenvalue weighted by Gasteiger charge is 2.12. The van der Waals surface area contributed by atoms with Crippen LogP contribution < -0.4 is 0 Å². The molecular formula is C12H16BrN3S. The molecule has 0 aliphatic heterocycles. The molecule has 0 saturated heterocycles. The van der Waals surface area contributed by atoms with Crippen LogP contribution in [0.3, 0.4) is 0 Å². The van der Waals surface area contributed by atoms with Gasteiger partial charge in [0.05, 0.1) is 5.52 Å². The molecule has 5 heteroatoms. The number of H-pyrrole nitrogens is 1. The Hall–Kier alpha value is -0.680. The Balaban J connectivity index is 2.40. The van der Waals surface area contributed by atoms with Crippen molar-refractivity contribution in [1.29, 1.82) is 0 Å². The first-order valence-corrected chi connectivity index (χ1v) is 6.81. The van der Waals surface area contributed by atoms with Gasteiger partial charge in [-0.05, 0) is 46.0 Å². The first-order valence-electron chi connectivity index (χ1n) is 5.61. The van der Waals surface area contributed by atoms with Gasteiger partial charge in [0.2, 0.25) is 0 Å². The molecule has 17 heavy (non-hydrogen) atoms. The summed E-state index contributed by atoms with van der Waals surface area (Å²) in [5, 5.41) is 0. The van der Waals surface area contributed by atoms with E-state index in [1.807, 2.05) is 6.07 Å². The van der Waals surface area contributed by atoms with Gasteiger partial charge in [-0.25, -0.2) is 4.98 Å². The Kier molecular flexibility index (Phi) is 3.41. The first kappa shape index (κ1) is 12.8. The van der Waals surface area contributed by atoms with Gasteiger partial charge in [0.1, 0.15) is 0 Å². The highest BCUT2D eigenvalue weighted by atomic mass is 79.9. The molecule has 0 aliphatic carbocycles. The van der Waals surface area contributed by atoms with E-state index in [-0.39, 0.29) is 0 Å². The molecule has 0 fully saturated rings. The third-order valence-electron chi connectivity index (χ3n) is 2.66. The summed E-state index contributed by atoms with van der Waals surface area (Å²) in [6, 6.07) is 2.01. The summed E-state index contributed by atoms with van der Waals surface area (Å²) in [6.45, 7) is 7.59. The minimum atomic E-state index is 0.299. The van der Waals surface area contributed by atoms with Gasteiger partial charge < -0.3 is 9.55 Å². The highest BCUT2D eigenvalue weighted by Crippen LogP contribution is 2.22. The van der Waals surface area contributed by atoms with E-state index in [0.29, 0.717) is 5.41 Å². The lowest BCUT2D eigenvalue weighted by molar-refractivity contribution is 0.351. The molecule has 0 aliphatic rings. The van der Waals surface area contributed by atoms with Gasteiger partial charge in [0.25, 0.3) is 0 Å². The molecule has 2 heterocycles. The average Bonchev–Trinajstić information content (AvgIpc) is 2.48. The first-order chi connectivity index (χ1) is 7.87. The number of halogens is 1. The van der Waals surface area contributed by atoms with Crippen molar-refractivity contribution in [3.63, 3.8) is 0 Å². The number of aromatic nitrogens is 3. The molecule has 0 amide bonds. The van der Waals surface area contributed by atoms with Crippen molar-refractivity contribution in [3.8, 4) is 0 Å². The number of rotatable bonds is 2. The number of hydrogen-bond donors (Lipinski definition) is 1. The molecule has 0 atom stereocenters. The maximum atomic E-state index is 5.34. The van der Waals surface area contributed by atoms with E-state index in [0.717, 1.165) is 33.4 Å². The summed E-state index contributed by atoms with van der Waals surface area (Å²) in [5.41, 5.74) is 2.22. The molecular weight excluding hydrogens is 298 g/mol. The van der Waals surface area contributed by atoms with Gasteiger partial charge in [-0.3, -0.25) is 0 Å². The lowest BCUT2D eigenvalue weighted by Gasteiger charge is -2.18. The number of nitrogens with one attached hydrogen (secondary N) is 1. The lowest BCUT2D eigenvalue weighted by atomic mass is 9.92. The van der Waals surface area contributed by atoms with E-state index in [1.165, 1.54) is 0 Å².